The number of hydrogen-bond donors (Lipinski definition) is 0. The number of nitrogens with zero attached hydrogens (tertiary/aromatic N) is 2. The molecule has 2 nitrogen and oxygen atoms in total. The van der Waals surface area contributed by atoms with E-state index in [9.17, 15) is 8.78 Å². The number of fused-ring (bicyclic) bond motifs is 1. The first-order chi connectivity index (χ1) is 9.99. The van der Waals surface area contributed by atoms with Crippen molar-refractivity contribution in [2.45, 2.75) is 12.3 Å². The summed E-state index contributed by atoms with van der Waals surface area (Å²) < 4.78 is 30.4. The molecule has 108 valence electrons. The molecule has 3 aromatic rings. The van der Waals surface area contributed by atoms with E-state index in [1.54, 1.807) is 35.8 Å². The Labute approximate surface area is 133 Å². The van der Waals surface area contributed by atoms with Gasteiger partial charge in [-0.05, 0) is 37.3 Å². The summed E-state index contributed by atoms with van der Waals surface area (Å²) in [6, 6.07) is 9.13. The zero-order chi connectivity index (χ0) is 15.1. The second-order valence-corrected chi connectivity index (χ2v) is 6.20. The van der Waals surface area contributed by atoms with Crippen molar-refractivity contribution in [3.05, 3.63) is 58.3 Å². The number of hydrogen-bond acceptors (Lipinski definition) is 1. The predicted molar refractivity (Wildman–Crippen MR) is 83.0 cm³/mol. The first-order valence-corrected chi connectivity index (χ1v) is 7.48. The van der Waals surface area contributed by atoms with Crippen LogP contribution >= 0.6 is 27.5 Å². The van der Waals surface area contributed by atoms with Crippen LogP contribution in [0.25, 0.3) is 16.7 Å². The molecular formula is C15H10BrClF2N2. The molecule has 1 atom stereocenters. The van der Waals surface area contributed by atoms with Crippen molar-refractivity contribution in [2.75, 3.05) is 0 Å². The van der Waals surface area contributed by atoms with E-state index in [4.69, 9.17) is 11.6 Å². The van der Waals surface area contributed by atoms with Gasteiger partial charge in [-0.3, -0.25) is 4.57 Å². The van der Waals surface area contributed by atoms with Crippen molar-refractivity contribution in [3.8, 4) is 5.69 Å². The zero-order valence-corrected chi connectivity index (χ0v) is 13.3. The average molecular weight is 372 g/mol. The molecule has 0 bridgehead atoms. The van der Waals surface area contributed by atoms with E-state index in [1.165, 1.54) is 12.1 Å². The number of para-hydroxylation sites is 1. The first kappa shape index (κ1) is 14.5. The summed E-state index contributed by atoms with van der Waals surface area (Å²) >= 11 is 9.45. The molecule has 21 heavy (non-hydrogen) atoms. The fourth-order valence-electron chi connectivity index (χ4n) is 2.26. The second kappa shape index (κ2) is 5.39. The molecule has 0 amide bonds. The van der Waals surface area contributed by atoms with Crippen LogP contribution in [0.2, 0.25) is 0 Å². The van der Waals surface area contributed by atoms with E-state index in [-0.39, 0.29) is 11.2 Å². The SMILES string of the molecule is CC(Cl)c1nc2c(F)cccc2n1-c1cc(Br)ccc1F. The Bertz CT molecular complexity index is 830. The molecule has 1 aromatic heterocycles. The van der Waals surface area contributed by atoms with E-state index in [0.29, 0.717) is 15.8 Å². The Morgan fingerprint density at radius 2 is 1.95 bits per heavy atom. The largest absolute Gasteiger partial charge is 0.292 e. The van der Waals surface area contributed by atoms with Gasteiger partial charge in [0.2, 0.25) is 0 Å². The van der Waals surface area contributed by atoms with Gasteiger partial charge >= 0.3 is 0 Å². The van der Waals surface area contributed by atoms with Crippen molar-refractivity contribution >= 4 is 38.6 Å². The van der Waals surface area contributed by atoms with Gasteiger partial charge in [-0.1, -0.05) is 22.0 Å². The Balaban J connectivity index is 2.42. The van der Waals surface area contributed by atoms with Gasteiger partial charge in [-0.15, -0.1) is 11.6 Å². The normalized spacial score (nSPS) is 12.8. The summed E-state index contributed by atoms with van der Waals surface area (Å²) in [6.07, 6.45) is 0. The minimum absolute atomic E-state index is 0.180. The quantitative estimate of drug-likeness (QED) is 0.554. The van der Waals surface area contributed by atoms with Gasteiger partial charge in [-0.25, -0.2) is 13.8 Å². The van der Waals surface area contributed by atoms with Gasteiger partial charge in [0, 0.05) is 4.47 Å². The van der Waals surface area contributed by atoms with Crippen LogP contribution in [-0.2, 0) is 0 Å². The van der Waals surface area contributed by atoms with Crippen LogP contribution in [0.3, 0.4) is 0 Å². The molecule has 0 aliphatic rings. The Kier molecular flexibility index (Phi) is 3.71. The maximum absolute atomic E-state index is 14.2. The highest BCUT2D eigenvalue weighted by Crippen LogP contribution is 2.31. The summed E-state index contributed by atoms with van der Waals surface area (Å²) in [5.41, 5.74) is 0.939. The van der Waals surface area contributed by atoms with Crippen molar-refractivity contribution in [1.82, 2.24) is 9.55 Å². The standard InChI is InChI=1S/C15H10BrClF2N2/c1-8(17)15-20-14-11(19)3-2-4-12(14)21(15)13-7-9(16)5-6-10(13)18/h2-8H,1H3. The number of benzene rings is 2. The van der Waals surface area contributed by atoms with Crippen molar-refractivity contribution in [3.63, 3.8) is 0 Å². The third kappa shape index (κ3) is 2.45. The molecule has 0 fully saturated rings. The fourth-order valence-corrected chi connectivity index (χ4v) is 2.76. The zero-order valence-electron chi connectivity index (χ0n) is 10.9. The Hall–Kier alpha value is -1.46. The second-order valence-electron chi connectivity index (χ2n) is 4.62. The number of alkyl halides is 1. The lowest BCUT2D eigenvalue weighted by Gasteiger charge is -2.12. The highest BCUT2D eigenvalue weighted by Gasteiger charge is 2.20. The van der Waals surface area contributed by atoms with E-state index in [2.05, 4.69) is 20.9 Å². The lowest BCUT2D eigenvalue weighted by Crippen LogP contribution is -2.04. The third-order valence-electron chi connectivity index (χ3n) is 3.17. The third-order valence-corrected chi connectivity index (χ3v) is 3.86. The Morgan fingerprint density at radius 3 is 2.67 bits per heavy atom. The molecule has 3 rings (SSSR count). The van der Waals surface area contributed by atoms with Gasteiger partial charge < -0.3 is 0 Å². The topological polar surface area (TPSA) is 17.8 Å². The smallest absolute Gasteiger partial charge is 0.151 e. The summed E-state index contributed by atoms with van der Waals surface area (Å²) in [6.45, 7) is 1.72. The molecule has 0 radical (unpaired) electrons. The van der Waals surface area contributed by atoms with Gasteiger partial charge in [0.25, 0.3) is 0 Å². The maximum atomic E-state index is 14.2. The van der Waals surface area contributed by atoms with Crippen molar-refractivity contribution < 1.29 is 8.78 Å². The van der Waals surface area contributed by atoms with E-state index in [1.807, 2.05) is 0 Å². The minimum Gasteiger partial charge on any atom is -0.292 e. The van der Waals surface area contributed by atoms with E-state index >= 15 is 0 Å². The van der Waals surface area contributed by atoms with Crippen LogP contribution in [0.1, 0.15) is 18.1 Å². The first-order valence-electron chi connectivity index (χ1n) is 6.25. The number of rotatable bonds is 2. The summed E-state index contributed by atoms with van der Waals surface area (Å²) in [5, 5.41) is -0.491. The molecule has 0 spiro atoms. The monoisotopic (exact) mass is 370 g/mol. The van der Waals surface area contributed by atoms with Crippen LogP contribution < -0.4 is 0 Å². The van der Waals surface area contributed by atoms with Gasteiger partial charge in [0.1, 0.15) is 17.2 Å². The molecule has 6 heteroatoms. The number of imidazole rings is 1. The molecule has 2 aromatic carbocycles. The van der Waals surface area contributed by atoms with Crippen molar-refractivity contribution in [2.24, 2.45) is 0 Å². The Morgan fingerprint density at radius 1 is 1.19 bits per heavy atom. The van der Waals surface area contributed by atoms with Gasteiger partial charge in [-0.2, -0.15) is 0 Å². The van der Waals surface area contributed by atoms with Gasteiger partial charge in [0.05, 0.1) is 16.6 Å². The summed E-state index contributed by atoms with van der Waals surface area (Å²) in [4.78, 5) is 4.23. The molecule has 1 heterocycles. The fraction of sp³-hybridized carbons (Fsp3) is 0.133. The maximum Gasteiger partial charge on any atom is 0.151 e. The minimum atomic E-state index is -0.491. The highest BCUT2D eigenvalue weighted by molar-refractivity contribution is 9.10. The highest BCUT2D eigenvalue weighted by atomic mass is 79.9. The molecule has 0 aliphatic carbocycles. The molecule has 0 N–H and O–H groups in total. The molecule has 0 saturated carbocycles. The van der Waals surface area contributed by atoms with Crippen molar-refractivity contribution in [1.29, 1.82) is 0 Å². The lowest BCUT2D eigenvalue weighted by molar-refractivity contribution is 0.616. The van der Waals surface area contributed by atoms with E-state index in [0.717, 1.165) is 0 Å². The lowest BCUT2D eigenvalue weighted by atomic mass is 10.2. The van der Waals surface area contributed by atoms with Crippen LogP contribution in [0, 0.1) is 11.6 Å². The predicted octanol–water partition coefficient (Wildman–Crippen LogP) is 5.37. The molecule has 1 unspecified atom stereocenters. The molecule has 0 saturated heterocycles. The van der Waals surface area contributed by atoms with Crippen LogP contribution in [0.5, 0.6) is 0 Å². The summed E-state index contributed by atoms with van der Waals surface area (Å²) in [5.74, 6) is -0.491. The van der Waals surface area contributed by atoms with Crippen LogP contribution in [0.4, 0.5) is 8.78 Å². The van der Waals surface area contributed by atoms with Gasteiger partial charge in [0.15, 0.2) is 5.82 Å². The number of aromatic nitrogens is 2. The van der Waals surface area contributed by atoms with E-state index < -0.39 is 17.0 Å². The van der Waals surface area contributed by atoms with Crippen LogP contribution in [0.15, 0.2) is 40.9 Å². The van der Waals surface area contributed by atoms with Crippen LogP contribution in [-0.4, -0.2) is 9.55 Å². The number of halogens is 4. The molecular weight excluding hydrogens is 362 g/mol. The summed E-state index contributed by atoms with van der Waals surface area (Å²) in [7, 11) is 0. The molecule has 0 aliphatic heterocycles. The average Bonchev–Trinajstić information content (AvgIpc) is 2.82.